The first-order valence-corrected chi connectivity index (χ1v) is 9.96. The zero-order valence-corrected chi connectivity index (χ0v) is 17.1. The Morgan fingerprint density at radius 3 is 2.69 bits per heavy atom. The van der Waals surface area contributed by atoms with Crippen LogP contribution in [0.2, 0.25) is 0 Å². The van der Waals surface area contributed by atoms with Gasteiger partial charge >= 0.3 is 0 Å². The molecule has 1 unspecified atom stereocenters. The summed E-state index contributed by atoms with van der Waals surface area (Å²) >= 11 is 0. The molecule has 0 spiro atoms. The lowest BCUT2D eigenvalue weighted by Gasteiger charge is -2.29. The number of benzene rings is 1. The number of halogens is 1. The average molecular weight is 423 g/mol. The number of ether oxygens (including phenoxy) is 1. The Morgan fingerprint density at radius 2 is 1.93 bits per heavy atom. The van der Waals surface area contributed by atoms with Gasteiger partial charge in [-0.3, -0.25) is 19.7 Å². The lowest BCUT2D eigenvalue weighted by Crippen LogP contribution is -2.52. The Bertz CT molecular complexity index is 782. The van der Waals surface area contributed by atoms with Gasteiger partial charge in [0.15, 0.2) is 0 Å². The van der Waals surface area contributed by atoms with Crippen LogP contribution in [0.15, 0.2) is 18.2 Å². The van der Waals surface area contributed by atoms with Crippen molar-refractivity contribution >= 4 is 35.8 Å². The van der Waals surface area contributed by atoms with Crippen molar-refractivity contribution < 1.29 is 19.1 Å². The zero-order chi connectivity index (χ0) is 19.5. The standard InChI is InChI=1S/C20H26N4O4.ClH/c25-18-5-4-17(19(26)23-18)24-12-15-14(20(24)27)2-1-3-16(15)22-10-11-28-13-6-8-21-9-7-13;/h1-3,13,17,21-22H,4-12H2,(H,23,25,26);1H. The van der Waals surface area contributed by atoms with E-state index in [-0.39, 0.29) is 36.5 Å². The topological polar surface area (TPSA) is 99.8 Å². The van der Waals surface area contributed by atoms with E-state index in [9.17, 15) is 14.4 Å². The number of fused-ring (bicyclic) bond motifs is 1. The number of nitrogens with zero attached hydrogens (tertiary/aromatic N) is 1. The predicted octanol–water partition coefficient (Wildman–Crippen LogP) is 1.05. The van der Waals surface area contributed by atoms with Gasteiger partial charge in [0, 0.05) is 36.3 Å². The minimum absolute atomic E-state index is 0. The molecule has 3 aliphatic rings. The van der Waals surface area contributed by atoms with Gasteiger partial charge in [0.2, 0.25) is 11.8 Å². The maximum absolute atomic E-state index is 12.8. The summed E-state index contributed by atoms with van der Waals surface area (Å²) in [4.78, 5) is 37.9. The van der Waals surface area contributed by atoms with Crippen LogP contribution in [0.3, 0.4) is 0 Å². The molecule has 3 N–H and O–H groups in total. The first-order chi connectivity index (χ1) is 13.6. The third-order valence-electron chi connectivity index (χ3n) is 5.64. The molecule has 0 aliphatic carbocycles. The molecule has 0 saturated carbocycles. The van der Waals surface area contributed by atoms with E-state index in [1.54, 1.807) is 11.0 Å². The Morgan fingerprint density at radius 1 is 1.14 bits per heavy atom. The van der Waals surface area contributed by atoms with Crippen molar-refractivity contribution in [2.24, 2.45) is 0 Å². The molecule has 1 aromatic rings. The summed E-state index contributed by atoms with van der Waals surface area (Å²) in [5, 5.41) is 9.03. The maximum atomic E-state index is 12.8. The van der Waals surface area contributed by atoms with Crippen molar-refractivity contribution in [1.29, 1.82) is 0 Å². The molecule has 158 valence electrons. The van der Waals surface area contributed by atoms with Crippen molar-refractivity contribution in [1.82, 2.24) is 15.5 Å². The number of imide groups is 1. The molecule has 0 aromatic heterocycles. The molecule has 3 heterocycles. The first kappa shape index (κ1) is 21.5. The van der Waals surface area contributed by atoms with Gasteiger partial charge in [-0.1, -0.05) is 6.07 Å². The number of amides is 3. The summed E-state index contributed by atoms with van der Waals surface area (Å²) in [5.41, 5.74) is 2.42. The van der Waals surface area contributed by atoms with Crippen molar-refractivity contribution in [3.05, 3.63) is 29.3 Å². The van der Waals surface area contributed by atoms with Gasteiger partial charge in [0.25, 0.3) is 5.91 Å². The summed E-state index contributed by atoms with van der Waals surface area (Å²) in [5.74, 6) is -0.817. The molecule has 1 aromatic carbocycles. The second-order valence-corrected chi connectivity index (χ2v) is 7.48. The van der Waals surface area contributed by atoms with Crippen molar-refractivity contribution in [2.45, 2.75) is 44.4 Å². The van der Waals surface area contributed by atoms with Crippen LogP contribution < -0.4 is 16.0 Å². The molecular formula is C20H27ClN4O4. The highest BCUT2D eigenvalue weighted by Crippen LogP contribution is 2.32. The number of hydrogen-bond donors (Lipinski definition) is 3. The van der Waals surface area contributed by atoms with E-state index in [0.29, 0.717) is 37.8 Å². The van der Waals surface area contributed by atoms with Crippen molar-refractivity contribution in [3.63, 3.8) is 0 Å². The van der Waals surface area contributed by atoms with Crippen LogP contribution in [0, 0.1) is 0 Å². The Kier molecular flexibility index (Phi) is 7.10. The van der Waals surface area contributed by atoms with Crippen LogP contribution in [0.4, 0.5) is 5.69 Å². The Labute approximate surface area is 176 Å². The van der Waals surface area contributed by atoms with E-state index in [2.05, 4.69) is 16.0 Å². The van der Waals surface area contributed by atoms with E-state index in [1.165, 1.54) is 0 Å². The highest BCUT2D eigenvalue weighted by atomic mass is 35.5. The maximum Gasteiger partial charge on any atom is 0.255 e. The van der Waals surface area contributed by atoms with E-state index in [1.807, 2.05) is 12.1 Å². The lowest BCUT2D eigenvalue weighted by atomic mass is 10.0. The summed E-state index contributed by atoms with van der Waals surface area (Å²) in [6.45, 7) is 3.65. The monoisotopic (exact) mass is 422 g/mol. The first-order valence-electron chi connectivity index (χ1n) is 9.96. The van der Waals surface area contributed by atoms with Crippen LogP contribution in [0.5, 0.6) is 0 Å². The van der Waals surface area contributed by atoms with E-state index >= 15 is 0 Å². The van der Waals surface area contributed by atoms with Gasteiger partial charge in [-0.15, -0.1) is 12.4 Å². The zero-order valence-electron chi connectivity index (χ0n) is 16.2. The van der Waals surface area contributed by atoms with Crippen LogP contribution in [0.1, 0.15) is 41.6 Å². The van der Waals surface area contributed by atoms with Gasteiger partial charge in [-0.2, -0.15) is 0 Å². The molecule has 2 fully saturated rings. The second kappa shape index (κ2) is 9.56. The highest BCUT2D eigenvalue weighted by Gasteiger charge is 2.39. The number of carbonyl (C=O) groups excluding carboxylic acids is 3. The fourth-order valence-electron chi connectivity index (χ4n) is 4.12. The molecular weight excluding hydrogens is 396 g/mol. The molecule has 9 heteroatoms. The molecule has 2 saturated heterocycles. The molecule has 4 rings (SSSR count). The van der Waals surface area contributed by atoms with Gasteiger partial charge in [-0.05, 0) is 44.5 Å². The van der Waals surface area contributed by atoms with Crippen molar-refractivity contribution in [2.75, 3.05) is 31.6 Å². The molecule has 0 bridgehead atoms. The molecule has 1 atom stereocenters. The third kappa shape index (κ3) is 4.71. The summed E-state index contributed by atoms with van der Waals surface area (Å²) in [6, 6.07) is 5.00. The summed E-state index contributed by atoms with van der Waals surface area (Å²) in [7, 11) is 0. The third-order valence-corrected chi connectivity index (χ3v) is 5.64. The lowest BCUT2D eigenvalue weighted by molar-refractivity contribution is -0.136. The van der Waals surface area contributed by atoms with Gasteiger partial charge in [0.05, 0.1) is 12.7 Å². The van der Waals surface area contributed by atoms with Gasteiger partial charge < -0.3 is 20.3 Å². The highest BCUT2D eigenvalue weighted by molar-refractivity contribution is 6.06. The van der Waals surface area contributed by atoms with Crippen LogP contribution >= 0.6 is 12.4 Å². The van der Waals surface area contributed by atoms with E-state index in [4.69, 9.17) is 4.74 Å². The van der Waals surface area contributed by atoms with Crippen LogP contribution in [0.25, 0.3) is 0 Å². The van der Waals surface area contributed by atoms with Crippen molar-refractivity contribution in [3.8, 4) is 0 Å². The predicted molar refractivity (Wildman–Crippen MR) is 110 cm³/mol. The molecule has 3 aliphatic heterocycles. The fraction of sp³-hybridized carbons (Fsp3) is 0.550. The van der Waals surface area contributed by atoms with Crippen LogP contribution in [-0.2, 0) is 20.9 Å². The quantitative estimate of drug-likeness (QED) is 0.468. The SMILES string of the molecule is Cl.O=C1CCC(N2Cc3c(NCCOC4CCNCC4)cccc3C2=O)C(=O)N1. The molecule has 29 heavy (non-hydrogen) atoms. The number of carbonyl (C=O) groups is 3. The minimum Gasteiger partial charge on any atom is -0.382 e. The normalized spacial score (nSPS) is 22.1. The number of hydrogen-bond acceptors (Lipinski definition) is 6. The molecule has 3 amide bonds. The van der Waals surface area contributed by atoms with E-state index < -0.39 is 6.04 Å². The van der Waals surface area contributed by atoms with Gasteiger partial charge in [-0.25, -0.2) is 0 Å². The minimum atomic E-state index is -0.589. The van der Waals surface area contributed by atoms with Gasteiger partial charge in [0.1, 0.15) is 6.04 Å². The summed E-state index contributed by atoms with van der Waals surface area (Å²) in [6.07, 6.45) is 3.02. The molecule has 8 nitrogen and oxygen atoms in total. The smallest absolute Gasteiger partial charge is 0.255 e. The number of rotatable bonds is 6. The second-order valence-electron chi connectivity index (χ2n) is 7.48. The Balaban J connectivity index is 0.00000240. The molecule has 0 radical (unpaired) electrons. The largest absolute Gasteiger partial charge is 0.382 e. The summed E-state index contributed by atoms with van der Waals surface area (Å²) < 4.78 is 5.92. The number of piperidine rings is 2. The van der Waals surface area contributed by atoms with E-state index in [0.717, 1.165) is 37.2 Å². The number of nitrogens with one attached hydrogen (secondary N) is 3. The fourth-order valence-corrected chi connectivity index (χ4v) is 4.12. The average Bonchev–Trinajstić information content (AvgIpc) is 3.03. The Hall–Kier alpha value is -2.16. The number of anilines is 1. The van der Waals surface area contributed by atoms with Crippen LogP contribution in [-0.4, -0.2) is 61.0 Å².